The van der Waals surface area contributed by atoms with Gasteiger partial charge in [-0.1, -0.05) is 24.3 Å². The number of aliphatic imine (C=N–C) groups is 1. The quantitative estimate of drug-likeness (QED) is 0.353. The minimum absolute atomic E-state index is 0. The second-order valence-corrected chi connectivity index (χ2v) is 7.66. The average molecular weight is 494 g/mol. The molecule has 1 saturated carbocycles. The Hall–Kier alpha value is -1.61. The molecule has 28 heavy (non-hydrogen) atoms. The zero-order chi connectivity index (χ0) is 18.5. The van der Waals surface area contributed by atoms with Crippen LogP contribution in [-0.4, -0.2) is 53.4 Å². The third-order valence-electron chi connectivity index (χ3n) is 5.62. The molecule has 1 aliphatic heterocycles. The highest BCUT2D eigenvalue weighted by Crippen LogP contribution is 2.31. The van der Waals surface area contributed by atoms with Crippen LogP contribution in [-0.2, 0) is 13.1 Å². The number of nitrogens with zero attached hydrogens (tertiary/aromatic N) is 4. The molecule has 1 aromatic carbocycles. The predicted molar refractivity (Wildman–Crippen MR) is 124 cm³/mol. The lowest BCUT2D eigenvalue weighted by Gasteiger charge is -2.17. The van der Waals surface area contributed by atoms with Crippen LogP contribution in [0.1, 0.15) is 30.4 Å². The Labute approximate surface area is 184 Å². The Morgan fingerprint density at radius 1 is 1.14 bits per heavy atom. The van der Waals surface area contributed by atoms with Crippen LogP contribution in [0.3, 0.4) is 0 Å². The molecule has 1 aliphatic carbocycles. The standard InChI is InChI=1S/C21H30N6.HI/c1-22-21(23-13-17-9-12-26(15-17)20-7-8-20)24-14-18-5-2-3-6-19(18)16-27-11-4-10-25-27;/h2-6,10-11,17,20H,7-9,12-16H2,1H3,(H2,22,23,24);1H. The molecule has 1 unspecified atom stereocenters. The highest BCUT2D eigenvalue weighted by Gasteiger charge is 2.34. The van der Waals surface area contributed by atoms with Gasteiger partial charge < -0.3 is 15.5 Å². The second-order valence-electron chi connectivity index (χ2n) is 7.66. The third kappa shape index (κ3) is 5.70. The number of aromatic nitrogens is 2. The fourth-order valence-corrected chi connectivity index (χ4v) is 3.89. The number of benzene rings is 1. The Bertz CT molecular complexity index is 756. The van der Waals surface area contributed by atoms with E-state index in [9.17, 15) is 0 Å². The van der Waals surface area contributed by atoms with Crippen molar-refractivity contribution in [2.45, 2.75) is 38.4 Å². The molecular weight excluding hydrogens is 463 g/mol. The highest BCUT2D eigenvalue weighted by atomic mass is 127. The first-order valence-corrected chi connectivity index (χ1v) is 10.0. The van der Waals surface area contributed by atoms with Crippen molar-refractivity contribution in [2.24, 2.45) is 10.9 Å². The molecule has 4 rings (SSSR count). The molecule has 2 heterocycles. The van der Waals surface area contributed by atoms with Crippen molar-refractivity contribution in [1.29, 1.82) is 0 Å². The van der Waals surface area contributed by atoms with Gasteiger partial charge in [-0.3, -0.25) is 9.67 Å². The van der Waals surface area contributed by atoms with E-state index < -0.39 is 0 Å². The lowest BCUT2D eigenvalue weighted by atomic mass is 10.1. The summed E-state index contributed by atoms with van der Waals surface area (Å²) in [6, 6.07) is 11.4. The van der Waals surface area contributed by atoms with Crippen LogP contribution in [0.25, 0.3) is 0 Å². The number of nitrogens with one attached hydrogen (secondary N) is 2. The fourth-order valence-electron chi connectivity index (χ4n) is 3.89. The van der Waals surface area contributed by atoms with E-state index in [0.717, 1.165) is 37.6 Å². The maximum Gasteiger partial charge on any atom is 0.191 e. The monoisotopic (exact) mass is 494 g/mol. The van der Waals surface area contributed by atoms with Gasteiger partial charge in [-0.15, -0.1) is 24.0 Å². The van der Waals surface area contributed by atoms with Gasteiger partial charge in [0.05, 0.1) is 6.54 Å². The number of hydrogen-bond acceptors (Lipinski definition) is 3. The van der Waals surface area contributed by atoms with Crippen LogP contribution in [0.5, 0.6) is 0 Å². The number of halogens is 1. The molecule has 152 valence electrons. The second kappa shape index (κ2) is 10.2. The summed E-state index contributed by atoms with van der Waals surface area (Å²) in [7, 11) is 1.84. The van der Waals surface area contributed by atoms with E-state index in [-0.39, 0.29) is 24.0 Å². The van der Waals surface area contributed by atoms with E-state index in [1.807, 2.05) is 30.2 Å². The van der Waals surface area contributed by atoms with Crippen molar-refractivity contribution in [2.75, 3.05) is 26.7 Å². The van der Waals surface area contributed by atoms with Gasteiger partial charge in [0.1, 0.15) is 0 Å². The summed E-state index contributed by atoms with van der Waals surface area (Å²) < 4.78 is 1.96. The SMILES string of the molecule is CN=C(NCc1ccccc1Cn1cccn1)NCC1CCN(C2CC2)C1.I. The van der Waals surface area contributed by atoms with Gasteiger partial charge in [-0.25, -0.2) is 0 Å². The van der Waals surface area contributed by atoms with E-state index in [2.05, 4.69) is 49.9 Å². The van der Waals surface area contributed by atoms with Crippen molar-refractivity contribution in [3.8, 4) is 0 Å². The van der Waals surface area contributed by atoms with Crippen LogP contribution in [0.2, 0.25) is 0 Å². The molecule has 1 atom stereocenters. The summed E-state index contributed by atoms with van der Waals surface area (Å²) in [5.74, 6) is 1.62. The van der Waals surface area contributed by atoms with Crippen LogP contribution in [0.15, 0.2) is 47.7 Å². The van der Waals surface area contributed by atoms with Crippen LogP contribution in [0, 0.1) is 5.92 Å². The number of guanidine groups is 1. The molecule has 0 spiro atoms. The fraction of sp³-hybridized carbons (Fsp3) is 0.524. The Balaban J connectivity index is 0.00000225. The Morgan fingerprint density at radius 2 is 1.96 bits per heavy atom. The first kappa shape index (κ1) is 21.1. The molecular formula is C21H31IN6. The van der Waals surface area contributed by atoms with Crippen molar-refractivity contribution in [3.63, 3.8) is 0 Å². The molecule has 6 nitrogen and oxygen atoms in total. The molecule has 7 heteroatoms. The molecule has 0 amide bonds. The van der Waals surface area contributed by atoms with Crippen molar-refractivity contribution >= 4 is 29.9 Å². The van der Waals surface area contributed by atoms with Crippen LogP contribution >= 0.6 is 24.0 Å². The van der Waals surface area contributed by atoms with Gasteiger partial charge in [0, 0.05) is 45.1 Å². The summed E-state index contributed by atoms with van der Waals surface area (Å²) in [6.07, 6.45) is 7.92. The topological polar surface area (TPSA) is 57.5 Å². The maximum atomic E-state index is 4.40. The van der Waals surface area contributed by atoms with Gasteiger partial charge in [0.2, 0.25) is 0 Å². The molecule has 1 aromatic heterocycles. The first-order chi connectivity index (χ1) is 13.3. The van der Waals surface area contributed by atoms with Gasteiger partial charge in [-0.2, -0.15) is 5.10 Å². The van der Waals surface area contributed by atoms with Crippen molar-refractivity contribution in [3.05, 3.63) is 53.9 Å². The first-order valence-electron chi connectivity index (χ1n) is 10.0. The number of hydrogen-bond donors (Lipinski definition) is 2. The minimum atomic E-state index is 0. The zero-order valence-electron chi connectivity index (χ0n) is 16.6. The average Bonchev–Trinajstić information content (AvgIpc) is 3.21. The highest BCUT2D eigenvalue weighted by molar-refractivity contribution is 14.0. The minimum Gasteiger partial charge on any atom is -0.356 e. The van der Waals surface area contributed by atoms with E-state index in [1.54, 1.807) is 0 Å². The maximum absolute atomic E-state index is 4.40. The normalized spacial score (nSPS) is 20.0. The molecule has 2 aromatic rings. The van der Waals surface area contributed by atoms with Gasteiger partial charge in [0.15, 0.2) is 5.96 Å². The lowest BCUT2D eigenvalue weighted by Crippen LogP contribution is -2.40. The van der Waals surface area contributed by atoms with Crippen molar-refractivity contribution in [1.82, 2.24) is 25.3 Å². The van der Waals surface area contributed by atoms with Gasteiger partial charge >= 0.3 is 0 Å². The summed E-state index contributed by atoms with van der Waals surface area (Å²) >= 11 is 0. The van der Waals surface area contributed by atoms with E-state index in [4.69, 9.17) is 0 Å². The summed E-state index contributed by atoms with van der Waals surface area (Å²) in [6.45, 7) is 5.05. The molecule has 2 fully saturated rings. The van der Waals surface area contributed by atoms with Gasteiger partial charge in [0.25, 0.3) is 0 Å². The van der Waals surface area contributed by atoms with Crippen molar-refractivity contribution < 1.29 is 0 Å². The van der Waals surface area contributed by atoms with E-state index >= 15 is 0 Å². The predicted octanol–water partition coefficient (Wildman–Crippen LogP) is 2.70. The van der Waals surface area contributed by atoms with Crippen LogP contribution < -0.4 is 10.6 Å². The molecule has 0 radical (unpaired) electrons. The summed E-state index contributed by atoms with van der Waals surface area (Å²) in [5, 5.41) is 11.3. The largest absolute Gasteiger partial charge is 0.356 e. The summed E-state index contributed by atoms with van der Waals surface area (Å²) in [5.41, 5.74) is 2.55. The third-order valence-corrected chi connectivity index (χ3v) is 5.62. The Morgan fingerprint density at radius 3 is 2.68 bits per heavy atom. The summed E-state index contributed by atoms with van der Waals surface area (Å²) in [4.78, 5) is 7.06. The molecule has 2 N–H and O–H groups in total. The van der Waals surface area contributed by atoms with E-state index in [1.165, 1.54) is 43.5 Å². The lowest BCUT2D eigenvalue weighted by molar-refractivity contribution is 0.314. The smallest absolute Gasteiger partial charge is 0.191 e. The number of likely N-dealkylation sites (tertiary alicyclic amines) is 1. The molecule has 0 bridgehead atoms. The molecule has 1 saturated heterocycles. The van der Waals surface area contributed by atoms with Gasteiger partial charge in [-0.05, 0) is 48.9 Å². The molecule has 2 aliphatic rings. The number of rotatable bonds is 7. The van der Waals surface area contributed by atoms with Crippen LogP contribution in [0.4, 0.5) is 0 Å². The van der Waals surface area contributed by atoms with E-state index in [0.29, 0.717) is 0 Å². The zero-order valence-corrected chi connectivity index (χ0v) is 18.9. The Kier molecular flexibility index (Phi) is 7.73.